The monoisotopic (exact) mass is 323 g/mol. The average molecular weight is 323 g/mol. The molecule has 3 rings (SSSR count). The predicted molar refractivity (Wildman–Crippen MR) is 98.5 cm³/mol. The van der Waals surface area contributed by atoms with Gasteiger partial charge in [0.1, 0.15) is 0 Å². The van der Waals surface area contributed by atoms with Gasteiger partial charge in [-0.05, 0) is 29.2 Å². The molecule has 118 valence electrons. The molecule has 3 heteroatoms. The van der Waals surface area contributed by atoms with Crippen molar-refractivity contribution in [2.75, 3.05) is 0 Å². The van der Waals surface area contributed by atoms with E-state index in [0.29, 0.717) is 0 Å². The van der Waals surface area contributed by atoms with E-state index in [2.05, 4.69) is 51.1 Å². The van der Waals surface area contributed by atoms with Gasteiger partial charge in [-0.3, -0.25) is 4.79 Å². The van der Waals surface area contributed by atoms with Crippen LogP contribution in [0.4, 0.5) is 0 Å². The highest BCUT2D eigenvalue weighted by Crippen LogP contribution is 2.33. The van der Waals surface area contributed by atoms with Crippen LogP contribution in [0.3, 0.4) is 0 Å². The fraction of sp³-hybridized carbons (Fsp3) is 0.250. The van der Waals surface area contributed by atoms with Gasteiger partial charge in [-0.15, -0.1) is 0 Å². The molecule has 0 bridgehead atoms. The van der Waals surface area contributed by atoms with Crippen molar-refractivity contribution >= 4 is 22.7 Å². The first-order valence-electron chi connectivity index (χ1n) is 7.73. The number of para-hydroxylation sites is 1. The molecule has 23 heavy (non-hydrogen) atoms. The number of fused-ring (bicyclic) bond motifs is 1. The molecule has 2 nitrogen and oxygen atoms in total. The summed E-state index contributed by atoms with van der Waals surface area (Å²) >= 11 is 1.65. The molecule has 1 aromatic heterocycles. The van der Waals surface area contributed by atoms with Crippen molar-refractivity contribution in [1.29, 1.82) is 0 Å². The molecule has 2 aromatic carbocycles. The van der Waals surface area contributed by atoms with Crippen LogP contribution < -0.4 is 5.56 Å². The molecule has 0 saturated heterocycles. The summed E-state index contributed by atoms with van der Waals surface area (Å²) < 4.78 is 1.70. The van der Waals surface area contributed by atoms with Crippen molar-refractivity contribution in [3.8, 4) is 0 Å². The van der Waals surface area contributed by atoms with Gasteiger partial charge >= 0.3 is 0 Å². The smallest absolute Gasteiger partial charge is 0.251 e. The van der Waals surface area contributed by atoms with Gasteiger partial charge in [-0.2, -0.15) is 0 Å². The van der Waals surface area contributed by atoms with Crippen molar-refractivity contribution in [3.05, 3.63) is 70.5 Å². The second-order valence-corrected chi connectivity index (χ2v) is 7.91. The highest BCUT2D eigenvalue weighted by atomic mass is 32.2. The summed E-state index contributed by atoms with van der Waals surface area (Å²) in [4.78, 5) is 14.3. The molecule has 1 heterocycles. The van der Waals surface area contributed by atoms with Gasteiger partial charge < -0.3 is 4.57 Å². The highest BCUT2D eigenvalue weighted by Gasteiger charge is 2.13. The Morgan fingerprint density at radius 3 is 2.26 bits per heavy atom. The van der Waals surface area contributed by atoms with Crippen LogP contribution in [0.2, 0.25) is 0 Å². The average Bonchev–Trinajstić information content (AvgIpc) is 2.52. The number of rotatable bonds is 2. The first-order chi connectivity index (χ1) is 10.9. The third kappa shape index (κ3) is 3.20. The summed E-state index contributed by atoms with van der Waals surface area (Å²) in [5.41, 5.74) is 2.46. The van der Waals surface area contributed by atoms with Gasteiger partial charge in [-0.1, -0.05) is 62.9 Å². The zero-order chi connectivity index (χ0) is 16.6. The van der Waals surface area contributed by atoms with Crippen LogP contribution in [0.25, 0.3) is 10.9 Å². The van der Waals surface area contributed by atoms with Gasteiger partial charge in [0.05, 0.1) is 5.52 Å². The van der Waals surface area contributed by atoms with Gasteiger partial charge in [-0.25, -0.2) is 0 Å². The van der Waals surface area contributed by atoms with E-state index in [4.69, 9.17) is 0 Å². The normalized spacial score (nSPS) is 11.8. The number of hydrogen-bond acceptors (Lipinski definition) is 2. The van der Waals surface area contributed by atoms with Crippen molar-refractivity contribution in [3.63, 3.8) is 0 Å². The molecule has 0 amide bonds. The quantitative estimate of drug-likeness (QED) is 0.663. The fourth-order valence-electron chi connectivity index (χ4n) is 2.61. The lowest BCUT2D eigenvalue weighted by Crippen LogP contribution is -2.16. The molecule has 0 aliphatic carbocycles. The summed E-state index contributed by atoms with van der Waals surface area (Å²) in [6.07, 6.45) is 0. The minimum Gasteiger partial charge on any atom is -0.311 e. The Morgan fingerprint density at radius 2 is 1.61 bits per heavy atom. The molecule has 0 saturated carbocycles. The summed E-state index contributed by atoms with van der Waals surface area (Å²) in [6, 6.07) is 18.4. The van der Waals surface area contributed by atoms with Crippen molar-refractivity contribution in [2.45, 2.75) is 36.0 Å². The molecule has 0 atom stereocenters. The van der Waals surface area contributed by atoms with Crippen molar-refractivity contribution in [2.24, 2.45) is 7.05 Å². The Morgan fingerprint density at radius 1 is 0.957 bits per heavy atom. The third-order valence-corrected chi connectivity index (χ3v) is 5.13. The molecule has 0 aliphatic heterocycles. The Bertz CT molecular complexity index is 902. The van der Waals surface area contributed by atoms with E-state index < -0.39 is 0 Å². The van der Waals surface area contributed by atoms with E-state index >= 15 is 0 Å². The molecular weight excluding hydrogens is 302 g/mol. The maximum atomic E-state index is 12.2. The lowest BCUT2D eigenvalue weighted by molar-refractivity contribution is 0.590. The number of benzene rings is 2. The molecule has 0 fully saturated rings. The van der Waals surface area contributed by atoms with Crippen LogP contribution in [0.5, 0.6) is 0 Å². The van der Waals surface area contributed by atoms with Crippen LogP contribution >= 0.6 is 11.8 Å². The number of nitrogens with zero attached hydrogens (tertiary/aromatic N) is 1. The van der Waals surface area contributed by atoms with Gasteiger partial charge in [0, 0.05) is 28.3 Å². The lowest BCUT2D eigenvalue weighted by Gasteiger charge is -2.19. The molecule has 0 unspecified atom stereocenters. The number of pyridine rings is 1. The molecular formula is C20H21NOS. The van der Waals surface area contributed by atoms with E-state index in [1.165, 1.54) is 5.56 Å². The van der Waals surface area contributed by atoms with E-state index in [1.54, 1.807) is 22.4 Å². The van der Waals surface area contributed by atoms with E-state index in [1.807, 2.05) is 25.2 Å². The van der Waals surface area contributed by atoms with Gasteiger partial charge in [0.15, 0.2) is 0 Å². The fourth-order valence-corrected chi connectivity index (χ4v) is 3.58. The van der Waals surface area contributed by atoms with Crippen LogP contribution in [-0.2, 0) is 12.5 Å². The van der Waals surface area contributed by atoms with Crippen LogP contribution in [0.15, 0.2) is 69.2 Å². The van der Waals surface area contributed by atoms with Crippen LogP contribution in [0, 0.1) is 0 Å². The Kier molecular flexibility index (Phi) is 4.07. The standard InChI is InChI=1S/C20H21NOS/c1-20(2,3)14-9-11-15(12-10-14)23-18-13-19(22)21(4)17-8-6-5-7-16(17)18/h5-13H,1-4H3. The SMILES string of the molecule is Cn1c(=O)cc(Sc2ccc(C(C)(C)C)cc2)c2ccccc21. The van der Waals surface area contributed by atoms with Crippen molar-refractivity contribution in [1.82, 2.24) is 4.57 Å². The number of aromatic nitrogens is 1. The first-order valence-corrected chi connectivity index (χ1v) is 8.55. The number of aryl methyl sites for hydroxylation is 1. The molecule has 0 spiro atoms. The largest absolute Gasteiger partial charge is 0.311 e. The zero-order valence-corrected chi connectivity index (χ0v) is 14.8. The Hall–Kier alpha value is -2.00. The molecule has 3 aromatic rings. The predicted octanol–water partition coefficient (Wildman–Crippen LogP) is 4.99. The first kappa shape index (κ1) is 15.9. The molecule has 0 N–H and O–H groups in total. The summed E-state index contributed by atoms with van der Waals surface area (Å²) in [5.74, 6) is 0. The van der Waals surface area contributed by atoms with Gasteiger partial charge in [0.25, 0.3) is 5.56 Å². The second kappa shape index (κ2) is 5.89. The van der Waals surface area contributed by atoms with Gasteiger partial charge in [0.2, 0.25) is 0 Å². The van der Waals surface area contributed by atoms with E-state index in [-0.39, 0.29) is 11.0 Å². The van der Waals surface area contributed by atoms with Crippen molar-refractivity contribution < 1.29 is 0 Å². The maximum Gasteiger partial charge on any atom is 0.251 e. The topological polar surface area (TPSA) is 22.0 Å². The molecule has 0 aliphatic rings. The lowest BCUT2D eigenvalue weighted by atomic mass is 9.87. The zero-order valence-electron chi connectivity index (χ0n) is 14.0. The Balaban J connectivity index is 2.02. The minimum absolute atomic E-state index is 0.0255. The third-order valence-electron chi connectivity index (χ3n) is 4.06. The Labute approximate surface area is 141 Å². The van der Waals surface area contributed by atoms with E-state index in [0.717, 1.165) is 20.7 Å². The van der Waals surface area contributed by atoms with Crippen LogP contribution in [-0.4, -0.2) is 4.57 Å². The minimum atomic E-state index is 0.0255. The van der Waals surface area contributed by atoms with Crippen LogP contribution in [0.1, 0.15) is 26.3 Å². The van der Waals surface area contributed by atoms with E-state index in [9.17, 15) is 4.79 Å². The summed E-state index contributed by atoms with van der Waals surface area (Å²) in [6.45, 7) is 6.64. The molecule has 0 radical (unpaired) electrons. The summed E-state index contributed by atoms with van der Waals surface area (Å²) in [5, 5.41) is 1.11. The summed E-state index contributed by atoms with van der Waals surface area (Å²) in [7, 11) is 1.82. The second-order valence-electron chi connectivity index (χ2n) is 6.80. The number of hydrogen-bond donors (Lipinski definition) is 0. The highest BCUT2D eigenvalue weighted by molar-refractivity contribution is 7.99. The maximum absolute atomic E-state index is 12.2.